The first-order chi connectivity index (χ1) is 11.5. The van der Waals surface area contributed by atoms with Gasteiger partial charge in [-0.05, 0) is 42.5 Å². The van der Waals surface area contributed by atoms with E-state index >= 15 is 0 Å². The Balaban J connectivity index is 2.55. The summed E-state index contributed by atoms with van der Waals surface area (Å²) in [5.74, 6) is 1.87. The van der Waals surface area contributed by atoms with Crippen molar-refractivity contribution < 1.29 is 4.79 Å². The number of halogens is 1. The lowest BCUT2D eigenvalue weighted by Crippen LogP contribution is -2.43. The number of amides is 1. The van der Waals surface area contributed by atoms with Crippen molar-refractivity contribution in [2.24, 2.45) is 4.99 Å². The third-order valence-electron chi connectivity index (χ3n) is 3.31. The molecule has 0 saturated heterocycles. The second kappa shape index (κ2) is 12.2. The van der Waals surface area contributed by atoms with Crippen LogP contribution in [0.4, 0.5) is 0 Å². The first-order valence-electron chi connectivity index (χ1n) is 7.98. The lowest BCUT2D eigenvalue weighted by atomic mass is 10.2. The number of aliphatic imine (C=N–C) groups is 1. The number of hydrogen-bond donors (Lipinski definition) is 2. The summed E-state index contributed by atoms with van der Waals surface area (Å²) in [6, 6.07) is 8.08. The maximum atomic E-state index is 11.7. The average molecular weight is 415 g/mol. The van der Waals surface area contributed by atoms with Gasteiger partial charge in [-0.3, -0.25) is 4.79 Å². The standard InChI is InChI=1S/C17H27BrN4OS/c1-22(2)16(23)13-21-17(19-10-4-5-11-24-3)20-12-14-6-8-15(18)9-7-14/h6-9H,4-5,10-13H2,1-3H3,(H2,19,20,21). The normalized spacial score (nSPS) is 11.2. The van der Waals surface area contributed by atoms with Crippen LogP contribution in [0.15, 0.2) is 33.7 Å². The fraction of sp³-hybridized carbons (Fsp3) is 0.529. The van der Waals surface area contributed by atoms with E-state index < -0.39 is 0 Å². The van der Waals surface area contributed by atoms with E-state index in [1.165, 1.54) is 12.2 Å². The molecule has 2 N–H and O–H groups in total. The third-order valence-corrected chi connectivity index (χ3v) is 4.53. The van der Waals surface area contributed by atoms with Gasteiger partial charge < -0.3 is 15.5 Å². The number of unbranched alkanes of at least 4 members (excludes halogenated alkanes) is 1. The Hall–Kier alpha value is -1.21. The van der Waals surface area contributed by atoms with Gasteiger partial charge in [0.1, 0.15) is 0 Å². The first-order valence-corrected chi connectivity index (χ1v) is 10.2. The van der Waals surface area contributed by atoms with Gasteiger partial charge in [-0.25, -0.2) is 4.99 Å². The summed E-state index contributed by atoms with van der Waals surface area (Å²) in [4.78, 5) is 17.9. The van der Waals surface area contributed by atoms with Gasteiger partial charge in [-0.15, -0.1) is 0 Å². The number of likely N-dealkylation sites (N-methyl/N-ethyl adjacent to an activating group) is 1. The zero-order chi connectivity index (χ0) is 17.8. The number of hydrogen-bond acceptors (Lipinski definition) is 3. The van der Waals surface area contributed by atoms with Gasteiger partial charge >= 0.3 is 0 Å². The Bertz CT molecular complexity index is 520. The van der Waals surface area contributed by atoms with E-state index in [1.54, 1.807) is 19.0 Å². The molecule has 0 aromatic heterocycles. The predicted molar refractivity (Wildman–Crippen MR) is 108 cm³/mol. The Labute approximate surface area is 157 Å². The van der Waals surface area contributed by atoms with E-state index in [0.29, 0.717) is 12.5 Å². The lowest BCUT2D eigenvalue weighted by molar-refractivity contribution is -0.127. The molecule has 0 aliphatic heterocycles. The largest absolute Gasteiger partial charge is 0.356 e. The number of benzene rings is 1. The fourth-order valence-electron chi connectivity index (χ4n) is 1.83. The molecule has 0 saturated carbocycles. The van der Waals surface area contributed by atoms with Crippen LogP contribution >= 0.6 is 27.7 Å². The van der Waals surface area contributed by atoms with Crippen LogP contribution in [-0.4, -0.2) is 56.0 Å². The molecule has 0 spiro atoms. The number of guanidine groups is 1. The van der Waals surface area contributed by atoms with E-state index in [1.807, 2.05) is 36.0 Å². The molecule has 1 amide bonds. The molecule has 0 unspecified atom stereocenters. The minimum absolute atomic E-state index is 0.0236. The molecule has 0 radical (unpaired) electrons. The van der Waals surface area contributed by atoms with Crippen molar-refractivity contribution in [3.05, 3.63) is 34.3 Å². The van der Waals surface area contributed by atoms with E-state index in [4.69, 9.17) is 0 Å². The van der Waals surface area contributed by atoms with Crippen LogP contribution in [0.3, 0.4) is 0 Å². The van der Waals surface area contributed by atoms with Crippen LogP contribution in [0.2, 0.25) is 0 Å². The molecular formula is C17H27BrN4OS. The molecule has 1 rings (SSSR count). The second-order valence-corrected chi connectivity index (χ2v) is 7.46. The fourth-order valence-corrected chi connectivity index (χ4v) is 2.59. The molecule has 0 aliphatic rings. The van der Waals surface area contributed by atoms with Crippen molar-refractivity contribution >= 4 is 39.6 Å². The molecule has 0 aliphatic carbocycles. The molecule has 0 atom stereocenters. The number of thioether (sulfide) groups is 1. The van der Waals surface area contributed by atoms with Crippen molar-refractivity contribution in [3.8, 4) is 0 Å². The summed E-state index contributed by atoms with van der Waals surface area (Å²) in [6.45, 7) is 1.66. The molecule has 0 fully saturated rings. The Morgan fingerprint density at radius 3 is 2.54 bits per heavy atom. The van der Waals surface area contributed by atoms with Crippen molar-refractivity contribution in [2.45, 2.75) is 19.4 Å². The highest BCUT2D eigenvalue weighted by Crippen LogP contribution is 2.11. The SMILES string of the molecule is CSCCCCNC(=NCc1ccc(Br)cc1)NCC(=O)N(C)C. The van der Waals surface area contributed by atoms with E-state index in [0.717, 1.165) is 23.0 Å². The van der Waals surface area contributed by atoms with Crippen LogP contribution in [0, 0.1) is 0 Å². The molecule has 24 heavy (non-hydrogen) atoms. The number of nitrogens with zero attached hydrogens (tertiary/aromatic N) is 2. The molecule has 134 valence electrons. The summed E-state index contributed by atoms with van der Waals surface area (Å²) < 4.78 is 1.05. The van der Waals surface area contributed by atoms with Crippen molar-refractivity contribution in [1.29, 1.82) is 0 Å². The smallest absolute Gasteiger partial charge is 0.241 e. The molecule has 7 heteroatoms. The van der Waals surface area contributed by atoms with Crippen LogP contribution in [-0.2, 0) is 11.3 Å². The quantitative estimate of drug-likeness (QED) is 0.370. The zero-order valence-electron chi connectivity index (χ0n) is 14.6. The maximum Gasteiger partial charge on any atom is 0.241 e. The lowest BCUT2D eigenvalue weighted by Gasteiger charge is -2.15. The average Bonchev–Trinajstić information content (AvgIpc) is 2.57. The zero-order valence-corrected chi connectivity index (χ0v) is 17.0. The maximum absolute atomic E-state index is 11.7. The number of carbonyl (C=O) groups excluding carboxylic acids is 1. The van der Waals surface area contributed by atoms with E-state index in [-0.39, 0.29) is 12.5 Å². The van der Waals surface area contributed by atoms with Gasteiger partial charge in [0.2, 0.25) is 5.91 Å². The predicted octanol–water partition coefficient (Wildman–Crippen LogP) is 2.72. The van der Waals surface area contributed by atoms with Crippen LogP contribution in [0.1, 0.15) is 18.4 Å². The summed E-state index contributed by atoms with van der Waals surface area (Å²) in [7, 11) is 3.50. The second-order valence-electron chi connectivity index (χ2n) is 5.56. The van der Waals surface area contributed by atoms with Crippen molar-refractivity contribution in [3.63, 3.8) is 0 Å². The van der Waals surface area contributed by atoms with Crippen LogP contribution in [0.5, 0.6) is 0 Å². The van der Waals surface area contributed by atoms with Crippen molar-refractivity contribution in [2.75, 3.05) is 39.2 Å². The Morgan fingerprint density at radius 1 is 1.21 bits per heavy atom. The van der Waals surface area contributed by atoms with Gasteiger partial charge in [0.05, 0.1) is 13.1 Å². The minimum atomic E-state index is 0.0236. The van der Waals surface area contributed by atoms with E-state index in [2.05, 4.69) is 37.8 Å². The van der Waals surface area contributed by atoms with Gasteiger partial charge in [-0.2, -0.15) is 11.8 Å². The molecular weight excluding hydrogens is 388 g/mol. The summed E-state index contributed by atoms with van der Waals surface area (Å²) in [5.41, 5.74) is 1.13. The summed E-state index contributed by atoms with van der Waals surface area (Å²) in [5, 5.41) is 6.41. The monoisotopic (exact) mass is 414 g/mol. The van der Waals surface area contributed by atoms with Crippen LogP contribution in [0.25, 0.3) is 0 Å². The van der Waals surface area contributed by atoms with Crippen LogP contribution < -0.4 is 10.6 Å². The molecule has 5 nitrogen and oxygen atoms in total. The van der Waals surface area contributed by atoms with Crippen molar-refractivity contribution in [1.82, 2.24) is 15.5 Å². The van der Waals surface area contributed by atoms with Gasteiger partial charge in [0.15, 0.2) is 5.96 Å². The minimum Gasteiger partial charge on any atom is -0.356 e. The third kappa shape index (κ3) is 9.17. The van der Waals surface area contributed by atoms with Gasteiger partial charge in [-0.1, -0.05) is 28.1 Å². The molecule has 1 aromatic carbocycles. The molecule has 0 heterocycles. The number of rotatable bonds is 9. The molecule has 0 bridgehead atoms. The summed E-state index contributed by atoms with van der Waals surface area (Å²) >= 11 is 5.29. The highest BCUT2D eigenvalue weighted by molar-refractivity contribution is 9.10. The number of carbonyl (C=O) groups is 1. The first kappa shape index (κ1) is 20.8. The van der Waals surface area contributed by atoms with Gasteiger partial charge in [0.25, 0.3) is 0 Å². The van der Waals surface area contributed by atoms with E-state index in [9.17, 15) is 4.79 Å². The summed E-state index contributed by atoms with van der Waals surface area (Å²) in [6.07, 6.45) is 4.37. The highest BCUT2D eigenvalue weighted by Gasteiger charge is 2.05. The highest BCUT2D eigenvalue weighted by atomic mass is 79.9. The Kier molecular flexibility index (Phi) is 10.6. The number of nitrogens with one attached hydrogen (secondary N) is 2. The molecule has 1 aromatic rings. The van der Waals surface area contributed by atoms with Gasteiger partial charge in [0, 0.05) is 25.1 Å². The Morgan fingerprint density at radius 2 is 1.92 bits per heavy atom. The topological polar surface area (TPSA) is 56.7 Å².